The molecule has 0 aromatic heterocycles. The molecule has 0 heterocycles. The lowest BCUT2D eigenvalue weighted by Crippen LogP contribution is -2.45. The van der Waals surface area contributed by atoms with Gasteiger partial charge in [0.1, 0.15) is 0 Å². The van der Waals surface area contributed by atoms with Crippen LogP contribution in [0, 0.1) is 5.92 Å². The minimum Gasteiger partial charge on any atom is -0.481 e. The van der Waals surface area contributed by atoms with Crippen molar-refractivity contribution in [3.05, 3.63) is 0 Å². The second kappa shape index (κ2) is 5.35. The van der Waals surface area contributed by atoms with Crippen LogP contribution in [0.1, 0.15) is 40.0 Å². The Balaban J connectivity index is 3.00. The third-order valence-electron chi connectivity index (χ3n) is 3.37. The van der Waals surface area contributed by atoms with Crippen molar-refractivity contribution in [2.75, 3.05) is 6.54 Å². The molecule has 0 bridgehead atoms. The molecule has 17 heavy (non-hydrogen) atoms. The number of nitrogens with zero attached hydrogens (tertiary/aromatic N) is 1. The maximum atomic E-state index is 12.4. The van der Waals surface area contributed by atoms with E-state index in [9.17, 15) is 13.2 Å². The monoisotopic (exact) mass is 263 g/mol. The summed E-state index contributed by atoms with van der Waals surface area (Å²) in [4.78, 5) is 11.1. The van der Waals surface area contributed by atoms with Crippen molar-refractivity contribution in [1.29, 1.82) is 0 Å². The molecule has 5 nitrogen and oxygen atoms in total. The van der Waals surface area contributed by atoms with Gasteiger partial charge >= 0.3 is 5.97 Å². The molecule has 2 unspecified atom stereocenters. The van der Waals surface area contributed by atoms with Crippen LogP contribution in [0.15, 0.2) is 0 Å². The summed E-state index contributed by atoms with van der Waals surface area (Å²) in [6, 6.07) is -0.125. The van der Waals surface area contributed by atoms with E-state index >= 15 is 0 Å². The van der Waals surface area contributed by atoms with Gasteiger partial charge in [0.05, 0.1) is 11.2 Å². The third kappa shape index (κ3) is 2.80. The molecule has 0 aromatic rings. The van der Waals surface area contributed by atoms with Crippen LogP contribution < -0.4 is 0 Å². The lowest BCUT2D eigenvalue weighted by Gasteiger charge is -2.29. The highest BCUT2D eigenvalue weighted by Gasteiger charge is 2.44. The SMILES string of the molecule is CCN(C(C)C)S(=O)(=O)C1CCCC1C(=O)O. The van der Waals surface area contributed by atoms with Gasteiger partial charge in [-0.05, 0) is 26.7 Å². The van der Waals surface area contributed by atoms with E-state index in [1.54, 1.807) is 6.92 Å². The summed E-state index contributed by atoms with van der Waals surface area (Å²) in [6.07, 6.45) is 1.61. The van der Waals surface area contributed by atoms with Gasteiger partial charge in [0.2, 0.25) is 10.0 Å². The highest BCUT2D eigenvalue weighted by Crippen LogP contribution is 2.33. The molecule has 2 atom stereocenters. The Labute approximate surface area is 103 Å². The van der Waals surface area contributed by atoms with Gasteiger partial charge in [-0.15, -0.1) is 0 Å². The molecule has 1 N–H and O–H groups in total. The Morgan fingerprint density at radius 3 is 2.41 bits per heavy atom. The van der Waals surface area contributed by atoms with E-state index < -0.39 is 27.2 Å². The van der Waals surface area contributed by atoms with Crippen LogP contribution in [0.2, 0.25) is 0 Å². The van der Waals surface area contributed by atoms with E-state index in [0.29, 0.717) is 25.8 Å². The molecule has 6 heteroatoms. The van der Waals surface area contributed by atoms with E-state index in [1.807, 2.05) is 13.8 Å². The molecular weight excluding hydrogens is 242 g/mol. The zero-order valence-electron chi connectivity index (χ0n) is 10.6. The maximum Gasteiger partial charge on any atom is 0.307 e. The van der Waals surface area contributed by atoms with Crippen molar-refractivity contribution in [3.63, 3.8) is 0 Å². The molecule has 1 aliphatic carbocycles. The van der Waals surface area contributed by atoms with Crippen molar-refractivity contribution < 1.29 is 18.3 Å². The molecule has 0 saturated heterocycles. The Morgan fingerprint density at radius 1 is 1.41 bits per heavy atom. The first-order valence-electron chi connectivity index (χ1n) is 6.05. The van der Waals surface area contributed by atoms with Gasteiger partial charge in [-0.1, -0.05) is 13.3 Å². The number of carboxylic acid groups (broad SMARTS) is 1. The Hall–Kier alpha value is -0.620. The average Bonchev–Trinajstić information content (AvgIpc) is 2.65. The fourth-order valence-corrected chi connectivity index (χ4v) is 5.01. The van der Waals surface area contributed by atoms with Crippen molar-refractivity contribution >= 4 is 16.0 Å². The quantitative estimate of drug-likeness (QED) is 0.811. The van der Waals surface area contributed by atoms with Crippen LogP contribution >= 0.6 is 0 Å². The van der Waals surface area contributed by atoms with Crippen LogP contribution in [0.25, 0.3) is 0 Å². The molecule has 1 aliphatic rings. The first-order valence-corrected chi connectivity index (χ1v) is 7.56. The Morgan fingerprint density at radius 2 is 2.00 bits per heavy atom. The summed E-state index contributed by atoms with van der Waals surface area (Å²) < 4.78 is 26.2. The number of hydrogen-bond acceptors (Lipinski definition) is 3. The number of aliphatic carboxylic acids is 1. The summed E-state index contributed by atoms with van der Waals surface area (Å²) in [5, 5.41) is 8.31. The average molecular weight is 263 g/mol. The van der Waals surface area contributed by atoms with Gasteiger partial charge in [-0.3, -0.25) is 4.79 Å². The van der Waals surface area contributed by atoms with Crippen molar-refractivity contribution in [2.24, 2.45) is 5.92 Å². The molecule has 0 amide bonds. The summed E-state index contributed by atoms with van der Waals surface area (Å²) in [7, 11) is -3.49. The molecule has 0 spiro atoms. The van der Waals surface area contributed by atoms with Crippen molar-refractivity contribution in [1.82, 2.24) is 4.31 Å². The molecule has 0 aliphatic heterocycles. The summed E-state index contributed by atoms with van der Waals surface area (Å²) in [5.41, 5.74) is 0. The number of hydrogen-bond donors (Lipinski definition) is 1. The molecule has 0 radical (unpaired) electrons. The van der Waals surface area contributed by atoms with Gasteiger partial charge in [0, 0.05) is 12.6 Å². The van der Waals surface area contributed by atoms with E-state index in [-0.39, 0.29) is 6.04 Å². The standard InChI is InChI=1S/C11H21NO4S/c1-4-12(8(2)3)17(15,16)10-7-5-6-9(10)11(13)14/h8-10H,4-7H2,1-3H3,(H,13,14). The Bertz CT molecular complexity index is 377. The van der Waals surface area contributed by atoms with Crippen LogP contribution in [0.5, 0.6) is 0 Å². The first kappa shape index (κ1) is 14.4. The van der Waals surface area contributed by atoms with E-state index in [0.717, 1.165) is 0 Å². The lowest BCUT2D eigenvalue weighted by atomic mass is 10.1. The van der Waals surface area contributed by atoms with Crippen LogP contribution in [-0.4, -0.2) is 41.6 Å². The maximum absolute atomic E-state index is 12.4. The fraction of sp³-hybridized carbons (Fsp3) is 0.909. The first-order chi connectivity index (χ1) is 7.82. The van der Waals surface area contributed by atoms with Crippen molar-refractivity contribution in [3.8, 4) is 0 Å². The zero-order valence-corrected chi connectivity index (χ0v) is 11.4. The van der Waals surface area contributed by atoms with Gasteiger partial charge in [0.25, 0.3) is 0 Å². The van der Waals surface area contributed by atoms with Gasteiger partial charge in [-0.25, -0.2) is 8.42 Å². The second-order valence-electron chi connectivity index (χ2n) is 4.76. The van der Waals surface area contributed by atoms with E-state index in [2.05, 4.69) is 0 Å². The predicted octanol–water partition coefficient (Wildman–Crippen LogP) is 1.30. The molecule has 1 fully saturated rings. The van der Waals surface area contributed by atoms with Crippen LogP contribution in [-0.2, 0) is 14.8 Å². The number of carbonyl (C=O) groups is 1. The summed E-state index contributed by atoms with van der Waals surface area (Å²) >= 11 is 0. The normalized spacial score (nSPS) is 25.7. The smallest absolute Gasteiger partial charge is 0.307 e. The number of sulfonamides is 1. The number of carboxylic acids is 1. The molecule has 1 rings (SSSR count). The van der Waals surface area contributed by atoms with Gasteiger partial charge < -0.3 is 5.11 Å². The zero-order chi connectivity index (χ0) is 13.2. The predicted molar refractivity (Wildman–Crippen MR) is 65.2 cm³/mol. The van der Waals surface area contributed by atoms with E-state index in [4.69, 9.17) is 5.11 Å². The minimum atomic E-state index is -3.49. The van der Waals surface area contributed by atoms with Crippen LogP contribution in [0.4, 0.5) is 0 Å². The number of rotatable bonds is 5. The third-order valence-corrected chi connectivity index (χ3v) is 6.03. The molecule has 1 saturated carbocycles. The molecule has 0 aromatic carbocycles. The lowest BCUT2D eigenvalue weighted by molar-refractivity contribution is -0.141. The summed E-state index contributed by atoms with van der Waals surface area (Å²) in [6.45, 7) is 5.79. The molecule has 100 valence electrons. The highest BCUT2D eigenvalue weighted by atomic mass is 32.2. The molecular formula is C11H21NO4S. The Kier molecular flexibility index (Phi) is 4.55. The largest absolute Gasteiger partial charge is 0.481 e. The minimum absolute atomic E-state index is 0.125. The van der Waals surface area contributed by atoms with Crippen LogP contribution in [0.3, 0.4) is 0 Å². The second-order valence-corrected chi connectivity index (χ2v) is 6.86. The van der Waals surface area contributed by atoms with E-state index in [1.165, 1.54) is 4.31 Å². The fourth-order valence-electron chi connectivity index (χ4n) is 2.58. The van der Waals surface area contributed by atoms with Gasteiger partial charge in [-0.2, -0.15) is 4.31 Å². The van der Waals surface area contributed by atoms with Crippen molar-refractivity contribution in [2.45, 2.75) is 51.3 Å². The highest BCUT2D eigenvalue weighted by molar-refractivity contribution is 7.89. The topological polar surface area (TPSA) is 74.7 Å². The summed E-state index contributed by atoms with van der Waals surface area (Å²) in [5.74, 6) is -1.73. The van der Waals surface area contributed by atoms with Gasteiger partial charge in [0.15, 0.2) is 0 Å².